The van der Waals surface area contributed by atoms with Crippen LogP contribution in [0.3, 0.4) is 0 Å². The van der Waals surface area contributed by atoms with Gasteiger partial charge in [-0.25, -0.2) is 4.98 Å². The van der Waals surface area contributed by atoms with Gasteiger partial charge in [0.1, 0.15) is 0 Å². The highest BCUT2D eigenvalue weighted by molar-refractivity contribution is 5.97. The number of hydrogen-bond acceptors (Lipinski definition) is 7. The molecule has 6 rings (SSSR count). The number of piperidine rings is 1. The van der Waals surface area contributed by atoms with Gasteiger partial charge in [-0.2, -0.15) is 0 Å². The lowest BCUT2D eigenvalue weighted by atomic mass is 9.75. The molecule has 1 aromatic carbocycles. The average Bonchev–Trinajstić information content (AvgIpc) is 3.10. The molecule has 8 heteroatoms. The molecule has 2 aliphatic carbocycles. The van der Waals surface area contributed by atoms with Gasteiger partial charge in [0.15, 0.2) is 11.5 Å². The van der Waals surface area contributed by atoms with Crippen molar-refractivity contribution < 1.29 is 19.1 Å². The molecule has 5 atom stereocenters. The van der Waals surface area contributed by atoms with Crippen LogP contribution in [0.25, 0.3) is 11.0 Å². The summed E-state index contributed by atoms with van der Waals surface area (Å²) in [7, 11) is 0. The summed E-state index contributed by atoms with van der Waals surface area (Å²) in [6, 6.07) is 8.72. The van der Waals surface area contributed by atoms with Gasteiger partial charge < -0.3 is 14.0 Å². The number of nitrogens with zero attached hydrogens (tertiary/aromatic N) is 3. The topological polar surface area (TPSA) is 90.7 Å². The molecule has 2 unspecified atom stereocenters. The molecular formula is C31H41N3O5. The lowest BCUT2D eigenvalue weighted by molar-refractivity contribution is -0.143. The molecule has 4 aliphatic rings. The number of rotatable bonds is 7. The van der Waals surface area contributed by atoms with Gasteiger partial charge in [0.05, 0.1) is 37.3 Å². The molecular weight excluding hydrogens is 494 g/mol. The summed E-state index contributed by atoms with van der Waals surface area (Å²) in [5.41, 5.74) is 0.990. The Balaban J connectivity index is 1.28. The smallest absolute Gasteiger partial charge is 0.306 e. The number of morpholine rings is 1. The van der Waals surface area contributed by atoms with Crippen molar-refractivity contribution in [1.82, 2.24) is 14.5 Å². The predicted molar refractivity (Wildman–Crippen MR) is 148 cm³/mol. The van der Waals surface area contributed by atoms with E-state index in [1.54, 1.807) is 6.92 Å². The Labute approximate surface area is 230 Å². The number of hydrogen-bond donors (Lipinski definition) is 0. The van der Waals surface area contributed by atoms with E-state index in [1.165, 1.54) is 44.9 Å². The number of benzene rings is 1. The van der Waals surface area contributed by atoms with Gasteiger partial charge in [0, 0.05) is 30.6 Å². The third-order valence-electron chi connectivity index (χ3n) is 9.61. The van der Waals surface area contributed by atoms with Crippen LogP contribution >= 0.6 is 0 Å². The van der Waals surface area contributed by atoms with Crippen molar-refractivity contribution in [3.63, 3.8) is 0 Å². The zero-order chi connectivity index (χ0) is 26.9. The van der Waals surface area contributed by atoms with Gasteiger partial charge in [-0.1, -0.05) is 37.8 Å². The van der Waals surface area contributed by atoms with Crippen molar-refractivity contribution in [3.05, 3.63) is 40.3 Å². The summed E-state index contributed by atoms with van der Waals surface area (Å²) in [6.45, 7) is 3.39. The minimum atomic E-state index is -0.435. The summed E-state index contributed by atoms with van der Waals surface area (Å²) in [5, 5.41) is 0. The quantitative estimate of drug-likeness (QED) is 0.375. The number of esters is 1. The molecule has 4 fully saturated rings. The highest BCUT2D eigenvalue weighted by atomic mass is 16.5. The van der Waals surface area contributed by atoms with E-state index in [-0.39, 0.29) is 48.8 Å². The maximum absolute atomic E-state index is 13.9. The lowest BCUT2D eigenvalue weighted by Gasteiger charge is -2.54. The summed E-state index contributed by atoms with van der Waals surface area (Å²) in [4.78, 5) is 46.1. The zero-order valence-corrected chi connectivity index (χ0v) is 23.1. The standard InChI is InChI=1S/C31H41N3O5/c1-2-39-29(36)12-11-28(35)30-31(37)34(27-10-6-5-9-26(27)32-30)23-16-24-18-38-19-25(17-23)33(24)22-14-20-7-3-4-8-21(13-20)15-22/h5-6,9-10,20-25H,2-4,7-8,11-19H2,1H3/t20?,21?,22?,23-,24-,25+. The van der Waals surface area contributed by atoms with Crippen molar-refractivity contribution in [2.45, 2.75) is 102 Å². The molecule has 0 amide bonds. The van der Waals surface area contributed by atoms with Crippen LogP contribution in [-0.2, 0) is 14.3 Å². The molecule has 0 N–H and O–H groups in total. The van der Waals surface area contributed by atoms with Crippen LogP contribution in [0.15, 0.2) is 29.1 Å². The SMILES string of the molecule is CCOC(=O)CCC(=O)c1nc2ccccc2n([C@H]2C[C@H]3COC[C@@H](C2)N3C2CC3CCCCC(C3)C2)c1=O. The Hall–Kier alpha value is -2.58. The second kappa shape index (κ2) is 11.5. The van der Waals surface area contributed by atoms with Crippen molar-refractivity contribution in [2.75, 3.05) is 19.8 Å². The van der Waals surface area contributed by atoms with E-state index in [0.29, 0.717) is 24.8 Å². The van der Waals surface area contributed by atoms with E-state index in [1.807, 2.05) is 28.8 Å². The van der Waals surface area contributed by atoms with Crippen LogP contribution < -0.4 is 5.56 Å². The number of carbonyl (C=O) groups is 2. The van der Waals surface area contributed by atoms with E-state index < -0.39 is 11.8 Å². The molecule has 3 heterocycles. The molecule has 2 aliphatic heterocycles. The largest absolute Gasteiger partial charge is 0.466 e. The number of aromatic nitrogens is 2. The summed E-state index contributed by atoms with van der Waals surface area (Å²) in [6.07, 6.45) is 11.0. The first-order chi connectivity index (χ1) is 19.0. The lowest BCUT2D eigenvalue weighted by Crippen LogP contribution is -2.62. The monoisotopic (exact) mass is 535 g/mol. The minimum absolute atomic E-state index is 0.0250. The first kappa shape index (κ1) is 26.6. The van der Waals surface area contributed by atoms with Crippen molar-refractivity contribution in [1.29, 1.82) is 0 Å². The Morgan fingerprint density at radius 1 is 0.923 bits per heavy atom. The molecule has 210 valence electrons. The number of ether oxygens (including phenoxy) is 2. The van der Waals surface area contributed by atoms with E-state index in [0.717, 1.165) is 30.2 Å². The minimum Gasteiger partial charge on any atom is -0.466 e. The maximum atomic E-state index is 13.9. The van der Waals surface area contributed by atoms with Crippen molar-refractivity contribution >= 4 is 22.8 Å². The molecule has 2 saturated heterocycles. The van der Waals surface area contributed by atoms with Gasteiger partial charge in [0.2, 0.25) is 0 Å². The van der Waals surface area contributed by atoms with E-state index in [9.17, 15) is 14.4 Å². The zero-order valence-electron chi connectivity index (χ0n) is 23.1. The number of Topliss-reactive ketones (excluding diaryl/α,β-unsaturated/α-hetero) is 1. The normalized spacial score (nSPS) is 31.0. The Kier molecular flexibility index (Phi) is 7.85. The van der Waals surface area contributed by atoms with Gasteiger partial charge in [-0.15, -0.1) is 0 Å². The molecule has 0 radical (unpaired) electrons. The summed E-state index contributed by atoms with van der Waals surface area (Å²) >= 11 is 0. The summed E-state index contributed by atoms with van der Waals surface area (Å²) < 4.78 is 12.9. The van der Waals surface area contributed by atoms with E-state index in [2.05, 4.69) is 9.88 Å². The maximum Gasteiger partial charge on any atom is 0.306 e. The average molecular weight is 536 g/mol. The molecule has 4 bridgehead atoms. The van der Waals surface area contributed by atoms with Gasteiger partial charge >= 0.3 is 5.97 Å². The van der Waals surface area contributed by atoms with E-state index >= 15 is 0 Å². The van der Waals surface area contributed by atoms with Gasteiger partial charge in [0.25, 0.3) is 5.56 Å². The fraction of sp³-hybridized carbons (Fsp3) is 0.677. The van der Waals surface area contributed by atoms with E-state index in [4.69, 9.17) is 9.47 Å². The fourth-order valence-corrected chi connectivity index (χ4v) is 8.10. The second-order valence-electron chi connectivity index (χ2n) is 12.1. The Morgan fingerprint density at radius 2 is 1.62 bits per heavy atom. The molecule has 0 spiro atoms. The van der Waals surface area contributed by atoms with Gasteiger partial charge in [-0.05, 0) is 63.0 Å². The highest BCUT2D eigenvalue weighted by Gasteiger charge is 2.46. The first-order valence-electron chi connectivity index (χ1n) is 15.1. The number of ketones is 1. The molecule has 8 nitrogen and oxygen atoms in total. The number of fused-ring (bicyclic) bond motifs is 5. The van der Waals surface area contributed by atoms with Crippen LogP contribution in [0.2, 0.25) is 0 Å². The van der Waals surface area contributed by atoms with Crippen LogP contribution in [0, 0.1) is 11.8 Å². The third-order valence-corrected chi connectivity index (χ3v) is 9.61. The second-order valence-corrected chi connectivity index (χ2v) is 12.1. The molecule has 1 aromatic heterocycles. The van der Waals surface area contributed by atoms with Crippen LogP contribution in [-0.4, -0.2) is 64.1 Å². The highest BCUT2D eigenvalue weighted by Crippen LogP contribution is 2.44. The van der Waals surface area contributed by atoms with Crippen molar-refractivity contribution in [2.24, 2.45) is 11.8 Å². The predicted octanol–water partition coefficient (Wildman–Crippen LogP) is 4.69. The molecule has 2 saturated carbocycles. The first-order valence-corrected chi connectivity index (χ1v) is 15.1. The van der Waals surface area contributed by atoms with Gasteiger partial charge in [-0.3, -0.25) is 19.3 Å². The fourth-order valence-electron chi connectivity index (χ4n) is 8.10. The molecule has 39 heavy (non-hydrogen) atoms. The Morgan fingerprint density at radius 3 is 2.31 bits per heavy atom. The van der Waals surface area contributed by atoms with Crippen LogP contribution in [0.1, 0.15) is 94.1 Å². The van der Waals surface area contributed by atoms with Crippen molar-refractivity contribution in [3.8, 4) is 0 Å². The summed E-state index contributed by atoms with van der Waals surface area (Å²) in [5.74, 6) is 0.865. The Bertz CT molecular complexity index is 1250. The number of para-hydroxylation sites is 2. The molecule has 2 aromatic rings. The van der Waals surface area contributed by atoms with Crippen LogP contribution in [0.5, 0.6) is 0 Å². The van der Waals surface area contributed by atoms with Crippen LogP contribution in [0.4, 0.5) is 0 Å². The third kappa shape index (κ3) is 5.42. The number of carbonyl (C=O) groups excluding carboxylic acids is 2.